The van der Waals surface area contributed by atoms with Crippen LogP contribution in [-0.2, 0) is 15.1 Å². The molecule has 1 aromatic heterocycles. The zero-order chi connectivity index (χ0) is 21.4. The summed E-state index contributed by atoms with van der Waals surface area (Å²) in [6.45, 7) is 3.89. The second-order valence-corrected chi connectivity index (χ2v) is 8.91. The molecule has 0 aliphatic carbocycles. The van der Waals surface area contributed by atoms with Gasteiger partial charge in [-0.2, -0.15) is 0 Å². The molecule has 2 aromatic rings. The number of rotatable bonds is 6. The SMILES string of the molecule is COc1cc(C(=O)N2CC[C@]3(c4nccs4)OCO[C@@H]3C2)ccc1OCC(C)(C)F. The molecular formula is C21H25FN2O5S. The zero-order valence-corrected chi connectivity index (χ0v) is 18.0. The number of nitrogens with zero attached hydrogens (tertiary/aromatic N) is 2. The van der Waals surface area contributed by atoms with E-state index in [4.69, 9.17) is 18.9 Å². The Morgan fingerprint density at radius 2 is 2.27 bits per heavy atom. The van der Waals surface area contributed by atoms with Crippen molar-refractivity contribution in [3.8, 4) is 11.5 Å². The number of ether oxygens (including phenoxy) is 4. The molecule has 30 heavy (non-hydrogen) atoms. The van der Waals surface area contributed by atoms with E-state index in [0.29, 0.717) is 36.6 Å². The van der Waals surface area contributed by atoms with Crippen molar-refractivity contribution in [1.29, 1.82) is 0 Å². The topological polar surface area (TPSA) is 70.1 Å². The summed E-state index contributed by atoms with van der Waals surface area (Å²) in [5.74, 6) is 0.655. The predicted octanol–water partition coefficient (Wildman–Crippen LogP) is 3.39. The van der Waals surface area contributed by atoms with Crippen LogP contribution in [0.25, 0.3) is 0 Å². The molecule has 0 saturated carbocycles. The first-order valence-corrected chi connectivity index (χ1v) is 10.6. The number of carbonyl (C=O) groups is 1. The third kappa shape index (κ3) is 4.01. The van der Waals surface area contributed by atoms with Crippen molar-refractivity contribution in [3.05, 3.63) is 40.3 Å². The predicted molar refractivity (Wildman–Crippen MR) is 109 cm³/mol. The van der Waals surface area contributed by atoms with Gasteiger partial charge in [0.05, 0.1) is 13.7 Å². The molecule has 2 atom stereocenters. The number of aromatic nitrogens is 1. The van der Waals surface area contributed by atoms with E-state index in [9.17, 15) is 9.18 Å². The van der Waals surface area contributed by atoms with Gasteiger partial charge in [0.2, 0.25) is 0 Å². The Kier molecular flexibility index (Phi) is 5.69. The first-order chi connectivity index (χ1) is 14.3. The number of amides is 1. The summed E-state index contributed by atoms with van der Waals surface area (Å²) in [6, 6.07) is 4.93. The van der Waals surface area contributed by atoms with E-state index < -0.39 is 11.3 Å². The maximum atomic E-state index is 13.7. The highest BCUT2D eigenvalue weighted by Gasteiger charge is 2.52. The highest BCUT2D eigenvalue weighted by Crippen LogP contribution is 2.43. The minimum Gasteiger partial charge on any atom is -0.493 e. The molecule has 0 unspecified atom stereocenters. The first kappa shape index (κ1) is 21.0. The monoisotopic (exact) mass is 436 g/mol. The fourth-order valence-corrected chi connectivity index (χ4v) is 4.61. The lowest BCUT2D eigenvalue weighted by molar-refractivity contribution is -0.0440. The first-order valence-electron chi connectivity index (χ1n) is 9.77. The average molecular weight is 437 g/mol. The molecule has 2 fully saturated rings. The van der Waals surface area contributed by atoms with Crippen molar-refractivity contribution >= 4 is 17.2 Å². The van der Waals surface area contributed by atoms with Crippen LogP contribution in [0.15, 0.2) is 29.8 Å². The molecule has 0 N–H and O–H groups in total. The average Bonchev–Trinajstić information content (AvgIpc) is 3.40. The van der Waals surface area contributed by atoms with Crippen LogP contribution in [0.1, 0.15) is 35.6 Å². The molecule has 162 valence electrons. The van der Waals surface area contributed by atoms with Gasteiger partial charge in [0.15, 0.2) is 17.1 Å². The molecule has 0 radical (unpaired) electrons. The number of alkyl halides is 1. The van der Waals surface area contributed by atoms with Gasteiger partial charge in [-0.05, 0) is 32.0 Å². The summed E-state index contributed by atoms with van der Waals surface area (Å²) in [5, 5.41) is 2.80. The number of fused-ring (bicyclic) bond motifs is 1. The lowest BCUT2D eigenvalue weighted by atomic mass is 9.89. The number of hydrogen-bond acceptors (Lipinski definition) is 7. The summed E-state index contributed by atoms with van der Waals surface area (Å²) in [4.78, 5) is 19.3. The number of halogens is 1. The molecule has 9 heteroatoms. The van der Waals surface area contributed by atoms with E-state index in [-0.39, 0.29) is 25.4 Å². The van der Waals surface area contributed by atoms with Crippen molar-refractivity contribution in [1.82, 2.24) is 9.88 Å². The van der Waals surface area contributed by atoms with Crippen LogP contribution in [0.5, 0.6) is 11.5 Å². The van der Waals surface area contributed by atoms with Crippen LogP contribution in [-0.4, -0.2) is 61.2 Å². The Balaban J connectivity index is 1.49. The van der Waals surface area contributed by atoms with Crippen LogP contribution < -0.4 is 9.47 Å². The van der Waals surface area contributed by atoms with Crippen LogP contribution in [0, 0.1) is 0 Å². The number of thiazole rings is 1. The zero-order valence-electron chi connectivity index (χ0n) is 17.2. The van der Waals surface area contributed by atoms with E-state index in [1.165, 1.54) is 32.3 Å². The fraction of sp³-hybridized carbons (Fsp3) is 0.524. The van der Waals surface area contributed by atoms with E-state index in [0.717, 1.165) is 5.01 Å². The third-order valence-electron chi connectivity index (χ3n) is 5.31. The van der Waals surface area contributed by atoms with Gasteiger partial charge in [-0.3, -0.25) is 4.79 Å². The molecule has 2 aliphatic heterocycles. The lowest BCUT2D eigenvalue weighted by Gasteiger charge is -2.40. The molecule has 1 amide bonds. The fourth-order valence-electron chi connectivity index (χ4n) is 3.75. The van der Waals surface area contributed by atoms with Crippen LogP contribution in [0.4, 0.5) is 4.39 Å². The maximum absolute atomic E-state index is 13.7. The Labute approximate surface area is 178 Å². The lowest BCUT2D eigenvalue weighted by Crippen LogP contribution is -2.53. The largest absolute Gasteiger partial charge is 0.493 e. The van der Waals surface area contributed by atoms with Crippen molar-refractivity contribution in [3.63, 3.8) is 0 Å². The smallest absolute Gasteiger partial charge is 0.254 e. The summed E-state index contributed by atoms with van der Waals surface area (Å²) in [7, 11) is 1.49. The molecule has 0 spiro atoms. The Hall–Kier alpha value is -2.23. The molecule has 2 saturated heterocycles. The van der Waals surface area contributed by atoms with Gasteiger partial charge in [-0.15, -0.1) is 11.3 Å². The molecule has 1 aromatic carbocycles. The van der Waals surface area contributed by atoms with E-state index in [1.807, 2.05) is 5.38 Å². The number of carbonyl (C=O) groups excluding carboxylic acids is 1. The number of hydrogen-bond donors (Lipinski definition) is 0. The third-order valence-corrected chi connectivity index (χ3v) is 6.24. The Bertz CT molecular complexity index is 901. The summed E-state index contributed by atoms with van der Waals surface area (Å²) in [5.41, 5.74) is -1.58. The van der Waals surface area contributed by atoms with Crippen LogP contribution in [0.3, 0.4) is 0 Å². The standard InChI is InChI=1S/C21H25FN2O5S/c1-20(2,22)12-27-15-5-4-14(10-16(15)26-3)18(25)24-8-6-21(19-23-7-9-30-19)17(11-24)28-13-29-21/h4-5,7,9-10,17H,6,8,11-13H2,1-3H3/t17-,21+/m1/s1. The quantitative estimate of drug-likeness (QED) is 0.691. The number of piperidine rings is 1. The van der Waals surface area contributed by atoms with Crippen LogP contribution >= 0.6 is 11.3 Å². The summed E-state index contributed by atoms with van der Waals surface area (Å²) >= 11 is 1.54. The molecule has 0 bridgehead atoms. The van der Waals surface area contributed by atoms with Crippen LogP contribution in [0.2, 0.25) is 0 Å². The summed E-state index contributed by atoms with van der Waals surface area (Å²) < 4.78 is 36.4. The van der Waals surface area contributed by atoms with E-state index in [2.05, 4.69) is 4.98 Å². The van der Waals surface area contributed by atoms with E-state index in [1.54, 1.807) is 29.3 Å². The van der Waals surface area contributed by atoms with Gasteiger partial charge < -0.3 is 23.8 Å². The van der Waals surface area contributed by atoms with Gasteiger partial charge in [0.1, 0.15) is 30.2 Å². The molecule has 3 heterocycles. The normalized spacial score (nSPS) is 23.9. The molecule has 4 rings (SSSR count). The minimum atomic E-state index is -1.47. The minimum absolute atomic E-state index is 0.110. The van der Waals surface area contributed by atoms with Gasteiger partial charge in [0, 0.05) is 30.1 Å². The van der Waals surface area contributed by atoms with E-state index >= 15 is 0 Å². The molecular weight excluding hydrogens is 411 g/mol. The number of methoxy groups -OCH3 is 1. The number of likely N-dealkylation sites (tertiary alicyclic amines) is 1. The van der Waals surface area contributed by atoms with Gasteiger partial charge in [-0.25, -0.2) is 9.37 Å². The van der Waals surface area contributed by atoms with Gasteiger partial charge in [0.25, 0.3) is 5.91 Å². The van der Waals surface area contributed by atoms with Crippen molar-refractivity contribution < 1.29 is 28.1 Å². The van der Waals surface area contributed by atoms with Crippen molar-refractivity contribution in [2.75, 3.05) is 33.6 Å². The van der Waals surface area contributed by atoms with Crippen molar-refractivity contribution in [2.45, 2.75) is 37.6 Å². The van der Waals surface area contributed by atoms with Gasteiger partial charge in [-0.1, -0.05) is 0 Å². The second kappa shape index (κ2) is 8.13. The highest BCUT2D eigenvalue weighted by molar-refractivity contribution is 7.09. The Morgan fingerprint density at radius 1 is 1.43 bits per heavy atom. The molecule has 2 aliphatic rings. The number of benzene rings is 1. The second-order valence-electron chi connectivity index (χ2n) is 8.02. The molecule has 7 nitrogen and oxygen atoms in total. The maximum Gasteiger partial charge on any atom is 0.254 e. The summed E-state index contributed by atoms with van der Waals surface area (Å²) in [6.07, 6.45) is 2.10. The van der Waals surface area contributed by atoms with Crippen molar-refractivity contribution in [2.24, 2.45) is 0 Å². The highest BCUT2D eigenvalue weighted by atomic mass is 32.1. The Morgan fingerprint density at radius 3 is 2.97 bits per heavy atom. The van der Waals surface area contributed by atoms with Gasteiger partial charge >= 0.3 is 0 Å².